The summed E-state index contributed by atoms with van der Waals surface area (Å²) in [5, 5.41) is 0. The molecule has 0 N–H and O–H groups in total. The fourth-order valence-corrected chi connectivity index (χ4v) is 2.99. The van der Waals surface area contributed by atoms with Gasteiger partial charge >= 0.3 is 5.97 Å². The molecule has 0 aromatic heterocycles. The van der Waals surface area contributed by atoms with Gasteiger partial charge in [-0.25, -0.2) is 4.79 Å². The first-order valence-electron chi connectivity index (χ1n) is 4.57. The Hall–Kier alpha value is -0.310. The van der Waals surface area contributed by atoms with Crippen molar-refractivity contribution in [3.63, 3.8) is 0 Å². The van der Waals surface area contributed by atoms with E-state index in [1.807, 2.05) is 18.2 Å². The van der Waals surface area contributed by atoms with Crippen molar-refractivity contribution in [1.82, 2.24) is 0 Å². The third-order valence-electron chi connectivity index (χ3n) is 2.07. The molecule has 0 saturated carbocycles. The maximum Gasteiger partial charge on any atom is 0.336 e. The van der Waals surface area contributed by atoms with Gasteiger partial charge in [-0.15, -0.1) is 0 Å². The Kier molecular flexibility index (Phi) is 3.73. The smallest absolute Gasteiger partial charge is 0.336 e. The minimum Gasteiger partial charge on any atom is -0.450 e. The zero-order valence-corrected chi connectivity index (χ0v) is 12.7. The normalized spacial score (nSPS) is 19.3. The van der Waals surface area contributed by atoms with Crippen molar-refractivity contribution >= 4 is 51.2 Å². The third kappa shape index (κ3) is 2.68. The van der Waals surface area contributed by atoms with E-state index in [1.54, 1.807) is 13.0 Å². The lowest BCUT2D eigenvalue weighted by Gasteiger charge is -2.12. The molecule has 1 aliphatic heterocycles. The summed E-state index contributed by atoms with van der Waals surface area (Å²) in [6.45, 7) is 1.71. The molecule has 16 heavy (non-hydrogen) atoms. The van der Waals surface area contributed by atoms with Crippen molar-refractivity contribution < 1.29 is 14.3 Å². The van der Waals surface area contributed by atoms with Gasteiger partial charge < -0.3 is 9.47 Å². The second kappa shape index (κ2) is 4.91. The summed E-state index contributed by atoms with van der Waals surface area (Å²) < 4.78 is 12.7. The van der Waals surface area contributed by atoms with Gasteiger partial charge in [-0.2, -0.15) is 0 Å². The maximum atomic E-state index is 11.1. The van der Waals surface area contributed by atoms with Gasteiger partial charge in [0.2, 0.25) is 0 Å². The Morgan fingerprint density at radius 2 is 2.12 bits per heavy atom. The predicted molar refractivity (Wildman–Crippen MR) is 76.1 cm³/mol. The molecule has 1 unspecified atom stereocenters. The van der Waals surface area contributed by atoms with E-state index in [9.17, 15) is 4.79 Å². The van der Waals surface area contributed by atoms with Crippen LogP contribution in [-0.2, 0) is 9.53 Å². The molecule has 1 aromatic carbocycles. The average Bonchev–Trinajstić information content (AvgIpc) is 2.51. The number of hydrogen-bond donors (Lipinski definition) is 0. The van der Waals surface area contributed by atoms with Crippen molar-refractivity contribution in [1.29, 1.82) is 0 Å². The standard InChI is InChI=1S/C11H8I2O3/c1-6-4-10(16-11(6)14)15-9-3-2-7(12)5-8(9)13/h2-5,10H,1H3. The molecule has 0 fully saturated rings. The van der Waals surface area contributed by atoms with Crippen LogP contribution in [0.5, 0.6) is 5.75 Å². The van der Waals surface area contributed by atoms with E-state index in [1.165, 1.54) is 0 Å². The highest BCUT2D eigenvalue weighted by atomic mass is 127. The molecule has 2 rings (SSSR count). The number of esters is 1. The summed E-state index contributed by atoms with van der Waals surface area (Å²) in [5.74, 6) is 0.412. The van der Waals surface area contributed by atoms with Crippen LogP contribution in [0.3, 0.4) is 0 Å². The molecule has 0 aliphatic carbocycles. The first-order valence-corrected chi connectivity index (χ1v) is 6.73. The topological polar surface area (TPSA) is 35.5 Å². The van der Waals surface area contributed by atoms with Crippen LogP contribution in [0.4, 0.5) is 0 Å². The molecule has 0 saturated heterocycles. The molecule has 0 radical (unpaired) electrons. The van der Waals surface area contributed by atoms with Crippen LogP contribution in [0.1, 0.15) is 6.92 Å². The highest BCUT2D eigenvalue weighted by molar-refractivity contribution is 14.1. The Morgan fingerprint density at radius 1 is 1.38 bits per heavy atom. The first-order chi connectivity index (χ1) is 7.56. The molecule has 1 aromatic rings. The van der Waals surface area contributed by atoms with Gasteiger partial charge in [-0.05, 0) is 70.3 Å². The molecule has 3 nitrogen and oxygen atoms in total. The van der Waals surface area contributed by atoms with Gasteiger partial charge in [0.1, 0.15) is 5.75 Å². The van der Waals surface area contributed by atoms with Gasteiger partial charge in [0.05, 0.1) is 3.57 Å². The van der Waals surface area contributed by atoms with E-state index in [2.05, 4.69) is 45.2 Å². The number of cyclic esters (lactones) is 1. The van der Waals surface area contributed by atoms with E-state index < -0.39 is 6.29 Å². The van der Waals surface area contributed by atoms with Crippen molar-refractivity contribution in [2.75, 3.05) is 0 Å². The van der Waals surface area contributed by atoms with E-state index in [4.69, 9.17) is 9.47 Å². The van der Waals surface area contributed by atoms with Crippen LogP contribution in [0.15, 0.2) is 29.8 Å². The Balaban J connectivity index is 2.14. The molecule has 0 amide bonds. The lowest BCUT2D eigenvalue weighted by molar-refractivity contribution is -0.148. The van der Waals surface area contributed by atoms with E-state index >= 15 is 0 Å². The average molecular weight is 442 g/mol. The van der Waals surface area contributed by atoms with Crippen molar-refractivity contribution in [3.05, 3.63) is 37.0 Å². The number of carbonyl (C=O) groups excluding carboxylic acids is 1. The minimum atomic E-state index is -0.596. The molecule has 5 heteroatoms. The highest BCUT2D eigenvalue weighted by Gasteiger charge is 2.23. The predicted octanol–water partition coefficient (Wildman–Crippen LogP) is 3.10. The number of hydrogen-bond acceptors (Lipinski definition) is 3. The summed E-state index contributed by atoms with van der Waals surface area (Å²) >= 11 is 4.43. The molecule has 84 valence electrons. The number of rotatable bonds is 2. The molecule has 1 heterocycles. The summed E-state index contributed by atoms with van der Waals surface area (Å²) in [4.78, 5) is 11.1. The highest BCUT2D eigenvalue weighted by Crippen LogP contribution is 2.26. The van der Waals surface area contributed by atoms with Crippen molar-refractivity contribution in [2.24, 2.45) is 0 Å². The largest absolute Gasteiger partial charge is 0.450 e. The zero-order valence-electron chi connectivity index (χ0n) is 8.37. The fourth-order valence-electron chi connectivity index (χ4n) is 1.26. The van der Waals surface area contributed by atoms with E-state index in [0.29, 0.717) is 5.57 Å². The molecule has 1 aliphatic rings. The van der Waals surface area contributed by atoms with Gasteiger partial charge in [-0.1, -0.05) is 0 Å². The van der Waals surface area contributed by atoms with Gasteiger partial charge in [0, 0.05) is 15.2 Å². The molecular weight excluding hydrogens is 434 g/mol. The van der Waals surface area contributed by atoms with E-state index in [0.717, 1.165) is 12.9 Å². The van der Waals surface area contributed by atoms with Crippen molar-refractivity contribution in [2.45, 2.75) is 13.2 Å². The van der Waals surface area contributed by atoms with Crippen molar-refractivity contribution in [3.8, 4) is 5.75 Å². The monoisotopic (exact) mass is 442 g/mol. The molecule has 1 atom stereocenters. The second-order valence-electron chi connectivity index (χ2n) is 3.32. The number of ether oxygens (including phenoxy) is 2. The summed E-state index contributed by atoms with van der Waals surface area (Å²) in [5.41, 5.74) is 0.588. The van der Waals surface area contributed by atoms with Crippen LogP contribution in [0.2, 0.25) is 0 Å². The Bertz CT molecular complexity index is 468. The lowest BCUT2D eigenvalue weighted by atomic mass is 10.3. The third-order valence-corrected chi connectivity index (χ3v) is 3.58. The Labute approximate surface area is 120 Å². The lowest BCUT2D eigenvalue weighted by Crippen LogP contribution is -2.16. The fraction of sp³-hybridized carbons (Fsp3) is 0.182. The summed E-state index contributed by atoms with van der Waals surface area (Å²) in [6.07, 6.45) is 1.08. The number of benzene rings is 1. The van der Waals surface area contributed by atoms with Crippen LogP contribution in [-0.4, -0.2) is 12.3 Å². The quantitative estimate of drug-likeness (QED) is 0.522. The SMILES string of the molecule is CC1=CC(Oc2ccc(I)cc2I)OC1=O. The first kappa shape index (κ1) is 12.2. The van der Waals surface area contributed by atoms with E-state index in [-0.39, 0.29) is 5.97 Å². The second-order valence-corrected chi connectivity index (χ2v) is 5.72. The van der Waals surface area contributed by atoms with Gasteiger partial charge in [0.25, 0.3) is 6.29 Å². The zero-order chi connectivity index (χ0) is 11.7. The van der Waals surface area contributed by atoms with Gasteiger partial charge in [-0.3, -0.25) is 0 Å². The maximum absolute atomic E-state index is 11.1. The number of halogens is 2. The Morgan fingerprint density at radius 3 is 2.69 bits per heavy atom. The minimum absolute atomic E-state index is 0.314. The summed E-state index contributed by atoms with van der Waals surface area (Å²) in [6, 6.07) is 5.83. The number of carbonyl (C=O) groups is 1. The van der Waals surface area contributed by atoms with Crippen LogP contribution in [0.25, 0.3) is 0 Å². The molecular formula is C11H8I2O3. The van der Waals surface area contributed by atoms with Crippen LogP contribution < -0.4 is 4.74 Å². The molecule has 0 bridgehead atoms. The summed E-state index contributed by atoms with van der Waals surface area (Å²) in [7, 11) is 0. The molecule has 0 spiro atoms. The van der Waals surface area contributed by atoms with Gasteiger partial charge in [0.15, 0.2) is 0 Å². The van der Waals surface area contributed by atoms with Crippen LogP contribution >= 0.6 is 45.2 Å². The van der Waals surface area contributed by atoms with Crippen LogP contribution in [0, 0.1) is 7.14 Å².